The Hall–Kier alpha value is -1.06. The average molecular weight is 277 g/mol. The van der Waals surface area contributed by atoms with Crippen molar-refractivity contribution in [1.29, 1.82) is 0 Å². The number of hydrogen-bond acceptors (Lipinski definition) is 3. The Morgan fingerprint density at radius 2 is 2.15 bits per heavy atom. The fraction of sp³-hybridized carbons (Fsp3) is 0.647. The van der Waals surface area contributed by atoms with E-state index in [0.717, 1.165) is 25.1 Å². The van der Waals surface area contributed by atoms with E-state index in [-0.39, 0.29) is 12.1 Å². The summed E-state index contributed by atoms with van der Waals surface area (Å²) >= 11 is 0. The molecule has 2 rings (SSSR count). The SMILES string of the molecule is CCNC(c1cc(C)ccc1OCC)C1CCC(C)O1. The van der Waals surface area contributed by atoms with Gasteiger partial charge < -0.3 is 14.8 Å². The van der Waals surface area contributed by atoms with Gasteiger partial charge in [0.25, 0.3) is 0 Å². The van der Waals surface area contributed by atoms with Crippen molar-refractivity contribution in [3.05, 3.63) is 29.3 Å². The third-order valence-corrected chi connectivity index (χ3v) is 3.86. The van der Waals surface area contributed by atoms with E-state index in [1.165, 1.54) is 11.1 Å². The summed E-state index contributed by atoms with van der Waals surface area (Å²) in [6.45, 7) is 10.1. The maximum absolute atomic E-state index is 6.09. The van der Waals surface area contributed by atoms with Crippen molar-refractivity contribution in [1.82, 2.24) is 5.32 Å². The van der Waals surface area contributed by atoms with Crippen molar-refractivity contribution >= 4 is 0 Å². The van der Waals surface area contributed by atoms with Crippen LogP contribution in [-0.2, 0) is 4.74 Å². The highest BCUT2D eigenvalue weighted by molar-refractivity contribution is 5.40. The highest BCUT2D eigenvalue weighted by Gasteiger charge is 2.31. The van der Waals surface area contributed by atoms with Crippen molar-refractivity contribution in [3.63, 3.8) is 0 Å². The molecule has 3 unspecified atom stereocenters. The van der Waals surface area contributed by atoms with E-state index in [4.69, 9.17) is 9.47 Å². The summed E-state index contributed by atoms with van der Waals surface area (Å²) in [5, 5.41) is 3.58. The maximum atomic E-state index is 6.09. The molecule has 112 valence electrons. The molecule has 0 amide bonds. The third-order valence-electron chi connectivity index (χ3n) is 3.86. The second-order valence-corrected chi connectivity index (χ2v) is 5.57. The van der Waals surface area contributed by atoms with Crippen molar-refractivity contribution < 1.29 is 9.47 Å². The Bertz CT molecular complexity index is 433. The molecule has 0 bridgehead atoms. The minimum atomic E-state index is 0.214. The van der Waals surface area contributed by atoms with Gasteiger partial charge in [0.15, 0.2) is 0 Å². The molecule has 3 heteroatoms. The quantitative estimate of drug-likeness (QED) is 0.861. The Morgan fingerprint density at radius 3 is 2.75 bits per heavy atom. The Kier molecular flexibility index (Phi) is 5.44. The van der Waals surface area contributed by atoms with Crippen molar-refractivity contribution in [2.75, 3.05) is 13.2 Å². The molecule has 1 N–H and O–H groups in total. The number of ether oxygens (including phenoxy) is 2. The molecule has 1 fully saturated rings. The first kappa shape index (κ1) is 15.3. The molecule has 0 aromatic heterocycles. The van der Waals surface area contributed by atoms with Gasteiger partial charge in [-0.1, -0.05) is 24.6 Å². The number of likely N-dealkylation sites (N-methyl/N-ethyl adjacent to an activating group) is 1. The molecule has 20 heavy (non-hydrogen) atoms. The van der Waals surface area contributed by atoms with Crippen LogP contribution in [0.3, 0.4) is 0 Å². The van der Waals surface area contributed by atoms with Crippen LogP contribution < -0.4 is 10.1 Å². The van der Waals surface area contributed by atoms with Crippen LogP contribution in [0.5, 0.6) is 5.75 Å². The van der Waals surface area contributed by atoms with E-state index in [1.807, 2.05) is 6.92 Å². The molecule has 0 spiro atoms. The first-order valence-corrected chi connectivity index (χ1v) is 7.77. The lowest BCUT2D eigenvalue weighted by Crippen LogP contribution is -2.32. The van der Waals surface area contributed by atoms with Crippen LogP contribution in [0.15, 0.2) is 18.2 Å². The number of nitrogens with one attached hydrogen (secondary N) is 1. The van der Waals surface area contributed by atoms with Crippen LogP contribution in [0, 0.1) is 6.92 Å². The van der Waals surface area contributed by atoms with Crippen molar-refractivity contribution in [2.24, 2.45) is 0 Å². The molecule has 1 aliphatic heterocycles. The second-order valence-electron chi connectivity index (χ2n) is 5.57. The van der Waals surface area contributed by atoms with Gasteiger partial charge in [-0.2, -0.15) is 0 Å². The molecular formula is C17H27NO2. The third kappa shape index (κ3) is 3.53. The predicted octanol–water partition coefficient (Wildman–Crippen LogP) is 3.61. The molecule has 1 aromatic rings. The first-order chi connectivity index (χ1) is 9.65. The van der Waals surface area contributed by atoms with Gasteiger partial charge in [0.05, 0.1) is 24.9 Å². The predicted molar refractivity (Wildman–Crippen MR) is 82.3 cm³/mol. The van der Waals surface area contributed by atoms with Gasteiger partial charge in [-0.15, -0.1) is 0 Å². The fourth-order valence-corrected chi connectivity index (χ4v) is 2.94. The van der Waals surface area contributed by atoms with Gasteiger partial charge in [0, 0.05) is 5.56 Å². The molecule has 1 aliphatic rings. The average Bonchev–Trinajstić information content (AvgIpc) is 2.85. The summed E-state index contributed by atoms with van der Waals surface area (Å²) in [6.07, 6.45) is 2.85. The van der Waals surface area contributed by atoms with E-state index in [2.05, 4.69) is 44.3 Å². The number of aryl methyl sites for hydroxylation is 1. The molecule has 0 saturated carbocycles. The van der Waals surface area contributed by atoms with Gasteiger partial charge in [0.1, 0.15) is 5.75 Å². The highest BCUT2D eigenvalue weighted by atomic mass is 16.5. The molecule has 1 saturated heterocycles. The summed E-state index contributed by atoms with van der Waals surface area (Å²) in [7, 11) is 0. The molecule has 1 aromatic carbocycles. The van der Waals surface area contributed by atoms with Crippen molar-refractivity contribution in [3.8, 4) is 5.75 Å². The van der Waals surface area contributed by atoms with Crippen molar-refractivity contribution in [2.45, 2.75) is 58.8 Å². The van der Waals surface area contributed by atoms with E-state index >= 15 is 0 Å². The van der Waals surface area contributed by atoms with Gasteiger partial charge in [0.2, 0.25) is 0 Å². The van der Waals surface area contributed by atoms with E-state index in [1.54, 1.807) is 0 Å². The zero-order chi connectivity index (χ0) is 14.5. The Morgan fingerprint density at radius 1 is 1.35 bits per heavy atom. The topological polar surface area (TPSA) is 30.5 Å². The molecule has 1 heterocycles. The van der Waals surface area contributed by atoms with Gasteiger partial charge in [-0.25, -0.2) is 0 Å². The lowest BCUT2D eigenvalue weighted by Gasteiger charge is -2.27. The maximum Gasteiger partial charge on any atom is 0.124 e. The van der Waals surface area contributed by atoms with Crippen LogP contribution in [0.1, 0.15) is 50.8 Å². The van der Waals surface area contributed by atoms with Crippen LogP contribution >= 0.6 is 0 Å². The monoisotopic (exact) mass is 277 g/mol. The minimum Gasteiger partial charge on any atom is -0.494 e. The van der Waals surface area contributed by atoms with E-state index < -0.39 is 0 Å². The van der Waals surface area contributed by atoms with Gasteiger partial charge in [-0.3, -0.25) is 0 Å². The summed E-state index contributed by atoms with van der Waals surface area (Å²) in [6, 6.07) is 6.63. The molecule has 0 radical (unpaired) electrons. The van der Waals surface area contributed by atoms with Crippen LogP contribution in [-0.4, -0.2) is 25.4 Å². The van der Waals surface area contributed by atoms with E-state index in [0.29, 0.717) is 12.7 Å². The van der Waals surface area contributed by atoms with Gasteiger partial charge >= 0.3 is 0 Å². The molecular weight excluding hydrogens is 250 g/mol. The standard InChI is InChI=1S/C17H27NO2/c1-5-18-17(16-10-8-13(4)20-16)14-11-12(3)7-9-15(14)19-6-2/h7,9,11,13,16-18H,5-6,8,10H2,1-4H3. The summed E-state index contributed by atoms with van der Waals surface area (Å²) < 4.78 is 11.9. The smallest absolute Gasteiger partial charge is 0.124 e. The molecule has 0 aliphatic carbocycles. The first-order valence-electron chi connectivity index (χ1n) is 7.77. The lowest BCUT2D eigenvalue weighted by atomic mass is 9.96. The number of benzene rings is 1. The highest BCUT2D eigenvalue weighted by Crippen LogP contribution is 2.35. The number of hydrogen-bond donors (Lipinski definition) is 1. The summed E-state index contributed by atoms with van der Waals surface area (Å²) in [4.78, 5) is 0. The zero-order valence-electron chi connectivity index (χ0n) is 13.1. The van der Waals surface area contributed by atoms with Crippen LogP contribution in [0.4, 0.5) is 0 Å². The summed E-state index contributed by atoms with van der Waals surface area (Å²) in [5.74, 6) is 0.979. The lowest BCUT2D eigenvalue weighted by molar-refractivity contribution is 0.0313. The van der Waals surface area contributed by atoms with Crippen LogP contribution in [0.2, 0.25) is 0 Å². The molecule has 3 nitrogen and oxygen atoms in total. The Labute approximate surface area is 122 Å². The Balaban J connectivity index is 2.29. The largest absolute Gasteiger partial charge is 0.494 e. The fourth-order valence-electron chi connectivity index (χ4n) is 2.94. The molecule has 3 atom stereocenters. The van der Waals surface area contributed by atoms with Gasteiger partial charge in [-0.05, 0) is 46.2 Å². The summed E-state index contributed by atoms with van der Waals surface area (Å²) in [5.41, 5.74) is 2.49. The van der Waals surface area contributed by atoms with E-state index in [9.17, 15) is 0 Å². The normalized spacial score (nSPS) is 23.8. The van der Waals surface area contributed by atoms with Crippen LogP contribution in [0.25, 0.3) is 0 Å². The minimum absolute atomic E-state index is 0.214. The zero-order valence-corrected chi connectivity index (χ0v) is 13.1. The number of rotatable bonds is 6. The second kappa shape index (κ2) is 7.09.